The number of rotatable bonds is 4. The van der Waals surface area contributed by atoms with Gasteiger partial charge in [0, 0.05) is 12.2 Å². The third-order valence-electron chi connectivity index (χ3n) is 5.22. The van der Waals surface area contributed by atoms with E-state index in [4.69, 9.17) is 0 Å². The van der Waals surface area contributed by atoms with Crippen LogP contribution in [-0.2, 0) is 6.18 Å². The van der Waals surface area contributed by atoms with Crippen molar-refractivity contribution in [2.75, 3.05) is 17.2 Å². The first-order chi connectivity index (χ1) is 15.7. The van der Waals surface area contributed by atoms with E-state index >= 15 is 0 Å². The molecule has 1 atom stereocenters. The van der Waals surface area contributed by atoms with Gasteiger partial charge in [-0.15, -0.1) is 10.2 Å². The molecule has 1 aliphatic rings. The number of halogens is 3. The van der Waals surface area contributed by atoms with Gasteiger partial charge in [-0.25, -0.2) is 4.79 Å². The van der Waals surface area contributed by atoms with E-state index in [0.717, 1.165) is 23.0 Å². The molecule has 0 saturated carbocycles. The molecule has 0 bridgehead atoms. The molecule has 0 radical (unpaired) electrons. The first kappa shape index (κ1) is 22.7. The number of alkyl halides is 3. The summed E-state index contributed by atoms with van der Waals surface area (Å²) in [4.78, 5) is 26.8. The Balaban J connectivity index is 1.47. The molecule has 3 amide bonds. The summed E-state index contributed by atoms with van der Waals surface area (Å²) in [6.07, 6.45) is -3.36. The number of urea groups is 1. The lowest BCUT2D eigenvalue weighted by Crippen LogP contribution is -2.35. The van der Waals surface area contributed by atoms with E-state index < -0.39 is 29.7 Å². The monoisotopic (exact) mass is 475 g/mol. The van der Waals surface area contributed by atoms with Crippen LogP contribution in [0.3, 0.4) is 0 Å². The minimum absolute atomic E-state index is 0.139. The summed E-state index contributed by atoms with van der Waals surface area (Å²) in [5.41, 5.74) is 0.451. The predicted octanol–water partition coefficient (Wildman–Crippen LogP) is 5.49. The van der Waals surface area contributed by atoms with E-state index in [9.17, 15) is 22.8 Å². The van der Waals surface area contributed by atoms with E-state index in [1.165, 1.54) is 23.1 Å². The Morgan fingerprint density at radius 2 is 1.79 bits per heavy atom. The van der Waals surface area contributed by atoms with Crippen LogP contribution >= 0.6 is 11.3 Å². The molecule has 2 heterocycles. The van der Waals surface area contributed by atoms with Crippen LogP contribution < -0.4 is 10.6 Å². The second-order valence-corrected chi connectivity index (χ2v) is 8.60. The van der Waals surface area contributed by atoms with Crippen LogP contribution in [0.2, 0.25) is 0 Å². The molecular weight excluding hydrogens is 455 g/mol. The van der Waals surface area contributed by atoms with Crippen molar-refractivity contribution in [3.8, 4) is 0 Å². The maximum atomic E-state index is 13.3. The molecular formula is C22H20F3N5O2S. The molecule has 0 spiro atoms. The molecule has 11 heteroatoms. The van der Waals surface area contributed by atoms with Gasteiger partial charge < -0.3 is 15.5 Å². The number of para-hydroxylation sites is 1. The average Bonchev–Trinajstić information content (AvgIpc) is 3.44. The van der Waals surface area contributed by atoms with Gasteiger partial charge in [0.2, 0.25) is 5.01 Å². The number of aromatic nitrogens is 2. The summed E-state index contributed by atoms with van der Waals surface area (Å²) in [6, 6.07) is 11.0. The number of hydrogen-bond acceptors (Lipinski definition) is 5. The SMILES string of the molecule is Cc1ccc(NC(=O)c2nnc([C@@H]3CCCN3C(=O)Nc3ccccc3C(F)(F)F)s2)cc1. The topological polar surface area (TPSA) is 87.2 Å². The van der Waals surface area contributed by atoms with Crippen LogP contribution in [0, 0.1) is 6.92 Å². The third-order valence-corrected chi connectivity index (χ3v) is 6.24. The van der Waals surface area contributed by atoms with Crippen molar-refractivity contribution in [3.63, 3.8) is 0 Å². The molecule has 1 aromatic heterocycles. The van der Waals surface area contributed by atoms with Gasteiger partial charge in [0.1, 0.15) is 5.01 Å². The van der Waals surface area contributed by atoms with Crippen molar-refractivity contribution in [2.24, 2.45) is 0 Å². The summed E-state index contributed by atoms with van der Waals surface area (Å²) in [5, 5.41) is 13.7. The van der Waals surface area contributed by atoms with Gasteiger partial charge in [-0.2, -0.15) is 13.2 Å². The van der Waals surface area contributed by atoms with Gasteiger partial charge in [-0.3, -0.25) is 4.79 Å². The van der Waals surface area contributed by atoms with Crippen molar-refractivity contribution in [3.05, 3.63) is 69.7 Å². The minimum atomic E-state index is -4.59. The fraction of sp³-hybridized carbons (Fsp3) is 0.273. The highest BCUT2D eigenvalue weighted by Gasteiger charge is 2.36. The van der Waals surface area contributed by atoms with Crippen molar-refractivity contribution in [2.45, 2.75) is 32.0 Å². The van der Waals surface area contributed by atoms with Crippen molar-refractivity contribution >= 4 is 34.6 Å². The molecule has 172 valence electrons. The average molecular weight is 475 g/mol. The van der Waals surface area contributed by atoms with Crippen LogP contribution in [0.15, 0.2) is 48.5 Å². The molecule has 1 saturated heterocycles. The largest absolute Gasteiger partial charge is 0.418 e. The molecule has 2 aromatic carbocycles. The van der Waals surface area contributed by atoms with Gasteiger partial charge in [-0.1, -0.05) is 41.2 Å². The Labute approximate surface area is 191 Å². The fourth-order valence-corrected chi connectivity index (χ4v) is 4.46. The number of benzene rings is 2. The molecule has 0 aliphatic carbocycles. The van der Waals surface area contributed by atoms with Crippen LogP contribution in [0.25, 0.3) is 0 Å². The van der Waals surface area contributed by atoms with Gasteiger partial charge in [0.15, 0.2) is 0 Å². The predicted molar refractivity (Wildman–Crippen MR) is 118 cm³/mol. The summed E-state index contributed by atoms with van der Waals surface area (Å²) in [5.74, 6) is -0.421. The highest BCUT2D eigenvalue weighted by Crippen LogP contribution is 2.37. The summed E-state index contributed by atoms with van der Waals surface area (Å²) >= 11 is 1.06. The molecule has 33 heavy (non-hydrogen) atoms. The Kier molecular flexibility index (Phi) is 6.32. The number of amides is 3. The first-order valence-corrected chi connectivity index (χ1v) is 11.0. The fourth-order valence-electron chi connectivity index (χ4n) is 3.58. The number of nitrogens with one attached hydrogen (secondary N) is 2. The number of carbonyl (C=O) groups excluding carboxylic acids is 2. The van der Waals surface area contributed by atoms with E-state index in [-0.39, 0.29) is 10.7 Å². The first-order valence-electron chi connectivity index (χ1n) is 10.2. The summed E-state index contributed by atoms with van der Waals surface area (Å²) in [7, 11) is 0. The normalized spacial score (nSPS) is 16.0. The van der Waals surface area contributed by atoms with Crippen molar-refractivity contribution in [1.29, 1.82) is 0 Å². The molecule has 0 unspecified atom stereocenters. The zero-order chi connectivity index (χ0) is 23.6. The lowest BCUT2D eigenvalue weighted by Gasteiger charge is -2.24. The third kappa shape index (κ3) is 5.14. The van der Waals surface area contributed by atoms with Crippen LogP contribution in [0.5, 0.6) is 0 Å². The zero-order valence-electron chi connectivity index (χ0n) is 17.5. The second-order valence-electron chi connectivity index (χ2n) is 7.59. The molecule has 2 N–H and O–H groups in total. The number of aryl methyl sites for hydroxylation is 1. The van der Waals surface area contributed by atoms with Gasteiger partial charge in [0.25, 0.3) is 5.91 Å². The van der Waals surface area contributed by atoms with E-state index in [1.54, 1.807) is 12.1 Å². The number of carbonyl (C=O) groups is 2. The zero-order valence-corrected chi connectivity index (χ0v) is 18.3. The van der Waals surface area contributed by atoms with E-state index in [0.29, 0.717) is 30.1 Å². The number of likely N-dealkylation sites (tertiary alicyclic amines) is 1. The standard InChI is InChI=1S/C22H20F3N5O2S/c1-13-8-10-14(11-9-13)26-18(31)20-29-28-19(33-20)17-7-4-12-30(17)21(32)27-16-6-3-2-5-15(16)22(23,24)25/h2-3,5-6,8-11,17H,4,7,12H2,1H3,(H,26,31)(H,27,32)/t17-/m0/s1. The molecule has 1 fully saturated rings. The highest BCUT2D eigenvalue weighted by atomic mass is 32.1. The van der Waals surface area contributed by atoms with Crippen LogP contribution in [0.1, 0.15) is 44.8 Å². The Hall–Kier alpha value is -3.47. The van der Waals surface area contributed by atoms with E-state index in [2.05, 4.69) is 20.8 Å². The second kappa shape index (κ2) is 9.18. The molecule has 1 aliphatic heterocycles. The van der Waals surface area contributed by atoms with Crippen LogP contribution in [0.4, 0.5) is 29.3 Å². The van der Waals surface area contributed by atoms with Gasteiger partial charge in [0.05, 0.1) is 17.3 Å². The van der Waals surface area contributed by atoms with Gasteiger partial charge in [-0.05, 0) is 44.0 Å². The smallest absolute Gasteiger partial charge is 0.320 e. The summed E-state index contributed by atoms with van der Waals surface area (Å²) < 4.78 is 39.8. The number of anilines is 2. The molecule has 7 nitrogen and oxygen atoms in total. The van der Waals surface area contributed by atoms with Crippen molar-refractivity contribution < 1.29 is 22.8 Å². The molecule has 3 aromatic rings. The quantitative estimate of drug-likeness (QED) is 0.523. The van der Waals surface area contributed by atoms with Crippen molar-refractivity contribution in [1.82, 2.24) is 15.1 Å². The Bertz CT molecular complexity index is 1160. The lowest BCUT2D eigenvalue weighted by molar-refractivity contribution is -0.136. The molecule has 4 rings (SSSR count). The lowest BCUT2D eigenvalue weighted by atomic mass is 10.1. The maximum Gasteiger partial charge on any atom is 0.418 e. The number of nitrogens with zero attached hydrogens (tertiary/aromatic N) is 3. The Morgan fingerprint density at radius 1 is 1.06 bits per heavy atom. The maximum absolute atomic E-state index is 13.3. The summed E-state index contributed by atoms with van der Waals surface area (Å²) in [6.45, 7) is 2.29. The highest BCUT2D eigenvalue weighted by molar-refractivity contribution is 7.13. The number of hydrogen-bond donors (Lipinski definition) is 2. The minimum Gasteiger partial charge on any atom is -0.320 e. The van der Waals surface area contributed by atoms with Crippen LogP contribution in [-0.4, -0.2) is 33.6 Å². The van der Waals surface area contributed by atoms with Gasteiger partial charge >= 0.3 is 12.2 Å². The van der Waals surface area contributed by atoms with E-state index in [1.807, 2.05) is 19.1 Å². The Morgan fingerprint density at radius 3 is 2.52 bits per heavy atom.